The van der Waals surface area contributed by atoms with Crippen molar-refractivity contribution in [3.05, 3.63) is 17.7 Å². The van der Waals surface area contributed by atoms with Crippen molar-refractivity contribution >= 4 is 5.82 Å². The maximum Gasteiger partial charge on any atom is 0.416 e. The normalized spacial score (nSPS) is 11.7. The Kier molecular flexibility index (Phi) is 4.77. The lowest BCUT2D eigenvalue weighted by Gasteiger charge is -2.12. The van der Waals surface area contributed by atoms with Gasteiger partial charge in [-0.25, -0.2) is 5.84 Å². The number of rotatable bonds is 5. The molecule has 0 saturated carbocycles. The van der Waals surface area contributed by atoms with Gasteiger partial charge >= 0.3 is 6.18 Å². The topological polar surface area (TPSA) is 60.2 Å². The molecule has 0 radical (unpaired) electrons. The number of nitrogens with zero attached hydrogens (tertiary/aromatic N) is 1. The van der Waals surface area contributed by atoms with Gasteiger partial charge < -0.3 is 10.2 Å². The van der Waals surface area contributed by atoms with E-state index in [4.69, 9.17) is 10.6 Å². The van der Waals surface area contributed by atoms with E-state index in [0.717, 1.165) is 18.6 Å². The highest BCUT2D eigenvalue weighted by Gasteiger charge is 2.31. The molecule has 1 aromatic heterocycles. The van der Waals surface area contributed by atoms with Gasteiger partial charge in [-0.2, -0.15) is 18.2 Å². The molecule has 7 heteroatoms. The second-order valence-corrected chi connectivity index (χ2v) is 4.25. The van der Waals surface area contributed by atoms with Gasteiger partial charge in [0.05, 0.1) is 12.2 Å². The van der Waals surface area contributed by atoms with E-state index in [2.05, 4.69) is 10.4 Å². The van der Waals surface area contributed by atoms with Crippen LogP contribution in [0.25, 0.3) is 0 Å². The van der Waals surface area contributed by atoms with Gasteiger partial charge in [0.15, 0.2) is 0 Å². The Morgan fingerprint density at radius 3 is 2.56 bits per heavy atom. The van der Waals surface area contributed by atoms with Crippen molar-refractivity contribution in [3.63, 3.8) is 0 Å². The van der Waals surface area contributed by atoms with Crippen molar-refractivity contribution in [2.45, 2.75) is 26.4 Å². The van der Waals surface area contributed by atoms with Crippen molar-refractivity contribution in [1.29, 1.82) is 0 Å². The molecule has 0 bridgehead atoms. The number of nitrogen functional groups attached to an aromatic ring is 1. The van der Waals surface area contributed by atoms with Crippen LogP contribution in [-0.2, 0) is 6.18 Å². The van der Waals surface area contributed by atoms with Crippen LogP contribution < -0.4 is 16.0 Å². The summed E-state index contributed by atoms with van der Waals surface area (Å²) >= 11 is 0. The summed E-state index contributed by atoms with van der Waals surface area (Å²) in [7, 11) is 0. The lowest BCUT2D eigenvalue weighted by molar-refractivity contribution is -0.137. The molecule has 0 unspecified atom stereocenters. The lowest BCUT2D eigenvalue weighted by Crippen LogP contribution is -2.13. The molecule has 0 aromatic carbocycles. The Morgan fingerprint density at radius 2 is 2.06 bits per heavy atom. The molecule has 1 rings (SSSR count). The van der Waals surface area contributed by atoms with Crippen LogP contribution in [0.5, 0.6) is 5.88 Å². The van der Waals surface area contributed by atoms with E-state index in [-0.39, 0.29) is 11.7 Å². The summed E-state index contributed by atoms with van der Waals surface area (Å²) in [6, 6.07) is 1.69. The van der Waals surface area contributed by atoms with Gasteiger partial charge in [-0.15, -0.1) is 0 Å². The highest BCUT2D eigenvalue weighted by molar-refractivity contribution is 5.41. The molecular weight excluding hydrogens is 247 g/mol. The molecule has 1 heterocycles. The number of halogens is 3. The van der Waals surface area contributed by atoms with Gasteiger partial charge in [0.25, 0.3) is 0 Å². The molecule has 0 atom stereocenters. The smallest absolute Gasteiger partial charge is 0.416 e. The van der Waals surface area contributed by atoms with E-state index in [1.165, 1.54) is 0 Å². The van der Waals surface area contributed by atoms with Gasteiger partial charge in [0.1, 0.15) is 5.82 Å². The molecule has 0 aliphatic rings. The molecule has 0 amide bonds. The first-order valence-electron chi connectivity index (χ1n) is 5.51. The third-order valence-electron chi connectivity index (χ3n) is 2.22. The molecule has 3 N–H and O–H groups in total. The van der Waals surface area contributed by atoms with E-state index in [1.807, 2.05) is 13.8 Å². The average Bonchev–Trinajstić information content (AvgIpc) is 2.27. The first-order valence-corrected chi connectivity index (χ1v) is 5.51. The lowest BCUT2D eigenvalue weighted by atomic mass is 10.1. The Labute approximate surface area is 103 Å². The van der Waals surface area contributed by atoms with Gasteiger partial charge in [0.2, 0.25) is 5.88 Å². The van der Waals surface area contributed by atoms with Crippen LogP contribution in [0.1, 0.15) is 25.8 Å². The minimum Gasteiger partial charge on any atom is -0.478 e. The maximum absolute atomic E-state index is 12.6. The summed E-state index contributed by atoms with van der Waals surface area (Å²) in [6.45, 7) is 4.31. The van der Waals surface area contributed by atoms with E-state index in [0.29, 0.717) is 12.5 Å². The second kappa shape index (κ2) is 5.90. The number of pyridine rings is 1. The first kappa shape index (κ1) is 14.6. The molecule has 4 nitrogen and oxygen atoms in total. The van der Waals surface area contributed by atoms with Crippen molar-refractivity contribution in [2.24, 2.45) is 11.8 Å². The highest BCUT2D eigenvalue weighted by Crippen LogP contribution is 2.32. The van der Waals surface area contributed by atoms with Gasteiger partial charge in [-0.05, 0) is 18.4 Å². The number of hydrogen-bond acceptors (Lipinski definition) is 4. The molecule has 0 fully saturated rings. The highest BCUT2D eigenvalue weighted by atomic mass is 19.4. The van der Waals surface area contributed by atoms with Crippen molar-refractivity contribution in [2.75, 3.05) is 12.0 Å². The summed E-state index contributed by atoms with van der Waals surface area (Å²) in [5.74, 6) is 5.31. The molecular formula is C11H16F3N3O. The fourth-order valence-corrected chi connectivity index (χ4v) is 1.22. The third-order valence-corrected chi connectivity index (χ3v) is 2.22. The van der Waals surface area contributed by atoms with Crippen LogP contribution in [0.4, 0.5) is 19.0 Å². The van der Waals surface area contributed by atoms with Gasteiger partial charge in [-0.3, -0.25) is 0 Å². The minimum absolute atomic E-state index is 0.0793. The average molecular weight is 263 g/mol. The summed E-state index contributed by atoms with van der Waals surface area (Å²) in [6.07, 6.45) is -3.71. The van der Waals surface area contributed by atoms with Crippen LogP contribution >= 0.6 is 0 Å². The van der Waals surface area contributed by atoms with Gasteiger partial charge in [0, 0.05) is 6.07 Å². The van der Waals surface area contributed by atoms with Crippen molar-refractivity contribution < 1.29 is 17.9 Å². The van der Waals surface area contributed by atoms with Crippen molar-refractivity contribution in [3.8, 4) is 5.88 Å². The Hall–Kier alpha value is -1.50. The first-order chi connectivity index (χ1) is 8.32. The molecule has 1 aromatic rings. The zero-order chi connectivity index (χ0) is 13.8. The van der Waals surface area contributed by atoms with Crippen LogP contribution in [0.15, 0.2) is 12.1 Å². The number of alkyl halides is 3. The summed E-state index contributed by atoms with van der Waals surface area (Å²) in [5, 5.41) is 0. The molecule has 102 valence electrons. The van der Waals surface area contributed by atoms with Crippen LogP contribution in [0, 0.1) is 5.92 Å². The SMILES string of the molecule is CC(C)CCOc1cc(C(F)(F)F)cc(NN)n1. The number of nitrogens with one attached hydrogen (secondary N) is 1. The third kappa shape index (κ3) is 4.40. The van der Waals surface area contributed by atoms with E-state index in [1.54, 1.807) is 0 Å². The fraction of sp³-hybridized carbons (Fsp3) is 0.545. The summed E-state index contributed by atoms with van der Waals surface area (Å²) in [4.78, 5) is 3.80. The second-order valence-electron chi connectivity index (χ2n) is 4.25. The van der Waals surface area contributed by atoms with Gasteiger partial charge in [-0.1, -0.05) is 13.8 Å². The van der Waals surface area contributed by atoms with Crippen LogP contribution in [0.3, 0.4) is 0 Å². The predicted octanol–water partition coefficient (Wildman–Crippen LogP) is 2.81. The fourth-order valence-electron chi connectivity index (χ4n) is 1.22. The number of anilines is 1. The number of hydrazine groups is 1. The number of nitrogens with two attached hydrogens (primary N) is 1. The Morgan fingerprint density at radius 1 is 1.39 bits per heavy atom. The van der Waals surface area contributed by atoms with Crippen LogP contribution in [-0.4, -0.2) is 11.6 Å². The molecule has 0 aliphatic heterocycles. The van der Waals surface area contributed by atoms with E-state index in [9.17, 15) is 13.2 Å². The zero-order valence-electron chi connectivity index (χ0n) is 10.2. The summed E-state index contributed by atoms with van der Waals surface area (Å²) in [5.41, 5.74) is 1.25. The molecule has 0 aliphatic carbocycles. The number of hydrogen-bond donors (Lipinski definition) is 2. The summed E-state index contributed by atoms with van der Waals surface area (Å²) < 4.78 is 42.9. The largest absolute Gasteiger partial charge is 0.478 e. The Balaban J connectivity index is 2.84. The predicted molar refractivity (Wildman–Crippen MR) is 62.0 cm³/mol. The minimum atomic E-state index is -4.45. The van der Waals surface area contributed by atoms with Crippen molar-refractivity contribution in [1.82, 2.24) is 4.98 Å². The monoisotopic (exact) mass is 263 g/mol. The number of aromatic nitrogens is 1. The standard InChI is InChI=1S/C11H16F3N3O/c1-7(2)3-4-18-10-6-8(11(12,13)14)5-9(16-10)17-15/h5-7H,3-4,15H2,1-2H3,(H,16,17). The zero-order valence-corrected chi connectivity index (χ0v) is 10.2. The van der Waals surface area contributed by atoms with Crippen LogP contribution in [0.2, 0.25) is 0 Å². The molecule has 0 saturated heterocycles. The maximum atomic E-state index is 12.6. The molecule has 0 spiro atoms. The Bertz CT molecular complexity index is 394. The molecule has 18 heavy (non-hydrogen) atoms. The number of ether oxygens (including phenoxy) is 1. The van der Waals surface area contributed by atoms with E-state index >= 15 is 0 Å². The quantitative estimate of drug-likeness (QED) is 0.633. The van der Waals surface area contributed by atoms with E-state index < -0.39 is 11.7 Å².